The van der Waals surface area contributed by atoms with Gasteiger partial charge in [0.1, 0.15) is 4.88 Å². The molecule has 0 saturated heterocycles. The van der Waals surface area contributed by atoms with E-state index in [9.17, 15) is 9.59 Å². The summed E-state index contributed by atoms with van der Waals surface area (Å²) in [6.45, 7) is 4.02. The number of rotatable bonds is 6. The molecule has 2 N–H and O–H groups in total. The number of carbonyl (C=O) groups is 2. The van der Waals surface area contributed by atoms with Crippen LogP contribution in [0.3, 0.4) is 0 Å². The van der Waals surface area contributed by atoms with E-state index in [2.05, 4.69) is 25.9 Å². The minimum atomic E-state index is -0.285. The molecule has 8 nitrogen and oxygen atoms in total. The summed E-state index contributed by atoms with van der Waals surface area (Å²) >= 11 is 13.1. The van der Waals surface area contributed by atoms with E-state index in [4.69, 9.17) is 23.2 Å². The van der Waals surface area contributed by atoms with Crippen LogP contribution in [0.5, 0.6) is 0 Å². The summed E-state index contributed by atoms with van der Waals surface area (Å²) in [5, 5.41) is 14.8. The summed E-state index contributed by atoms with van der Waals surface area (Å²) in [6, 6.07) is 5.35. The number of aromatic nitrogens is 4. The van der Waals surface area contributed by atoms with Crippen molar-refractivity contribution in [2.24, 2.45) is 0 Å². The van der Waals surface area contributed by atoms with Crippen molar-refractivity contribution in [1.29, 1.82) is 0 Å². The fraction of sp³-hybridized carbons (Fsp3) is 0.278. The number of nitrogens with one attached hydrogen (secondary N) is 2. The van der Waals surface area contributed by atoms with E-state index >= 15 is 0 Å². The highest BCUT2D eigenvalue weighted by Gasteiger charge is 2.18. The highest BCUT2D eigenvalue weighted by atomic mass is 35.5. The summed E-state index contributed by atoms with van der Waals surface area (Å²) in [4.78, 5) is 28.8. The zero-order valence-electron chi connectivity index (χ0n) is 15.9. The maximum Gasteiger partial charge on any atom is 0.263 e. The number of hydrogen-bond donors (Lipinski definition) is 2. The van der Waals surface area contributed by atoms with Gasteiger partial charge in [0.05, 0.1) is 40.1 Å². The highest BCUT2D eigenvalue weighted by Crippen LogP contribution is 2.24. The first kappa shape index (κ1) is 21.2. The molecule has 2 aromatic heterocycles. The van der Waals surface area contributed by atoms with Gasteiger partial charge in [-0.05, 0) is 31.5 Å². The van der Waals surface area contributed by atoms with Crippen molar-refractivity contribution < 1.29 is 9.59 Å². The summed E-state index contributed by atoms with van der Waals surface area (Å²) in [5.74, 6) is -0.520. The molecule has 2 heterocycles. The molecule has 0 aliphatic heterocycles. The van der Waals surface area contributed by atoms with Gasteiger partial charge in [0, 0.05) is 7.05 Å². The van der Waals surface area contributed by atoms with Crippen molar-refractivity contribution in [3.05, 3.63) is 55.8 Å². The highest BCUT2D eigenvalue weighted by molar-refractivity contribution is 7.17. The number of aryl methyl sites for hydroxylation is 1. The SMILES string of the molecule is CNC(=O)c1sc(NC(=O)Cc2nnn(Cc3ccc(Cl)c(Cl)c3)c2C)nc1C. The first-order chi connectivity index (χ1) is 13.8. The Bertz CT molecular complexity index is 1080. The van der Waals surface area contributed by atoms with E-state index in [0.29, 0.717) is 38.0 Å². The molecule has 0 fully saturated rings. The normalized spacial score (nSPS) is 10.8. The molecule has 11 heteroatoms. The summed E-state index contributed by atoms with van der Waals surface area (Å²) in [7, 11) is 1.55. The molecule has 1 aromatic carbocycles. The molecule has 0 radical (unpaired) electrons. The average molecular weight is 453 g/mol. The van der Waals surface area contributed by atoms with E-state index < -0.39 is 0 Å². The fourth-order valence-corrected chi connectivity index (χ4v) is 3.86. The van der Waals surface area contributed by atoms with Gasteiger partial charge < -0.3 is 10.6 Å². The molecule has 0 aliphatic rings. The van der Waals surface area contributed by atoms with Crippen LogP contribution in [0.15, 0.2) is 18.2 Å². The summed E-state index contributed by atoms with van der Waals surface area (Å²) < 4.78 is 1.69. The van der Waals surface area contributed by atoms with Crippen LogP contribution in [0.1, 0.15) is 32.3 Å². The van der Waals surface area contributed by atoms with E-state index in [1.165, 1.54) is 0 Å². The lowest BCUT2D eigenvalue weighted by Crippen LogP contribution is -2.17. The molecule has 3 rings (SSSR count). The third kappa shape index (κ3) is 4.92. The third-order valence-electron chi connectivity index (χ3n) is 4.20. The molecule has 152 valence electrons. The molecule has 29 heavy (non-hydrogen) atoms. The van der Waals surface area contributed by atoms with Crippen molar-refractivity contribution in [1.82, 2.24) is 25.3 Å². The number of halogens is 2. The predicted octanol–water partition coefficient (Wildman–Crippen LogP) is 3.25. The number of nitrogens with zero attached hydrogens (tertiary/aromatic N) is 4. The Balaban J connectivity index is 1.67. The Morgan fingerprint density at radius 1 is 1.21 bits per heavy atom. The van der Waals surface area contributed by atoms with Crippen LogP contribution in [0, 0.1) is 13.8 Å². The summed E-state index contributed by atoms with van der Waals surface area (Å²) in [5.41, 5.74) is 2.81. The van der Waals surface area contributed by atoms with Crippen LogP contribution in [0.2, 0.25) is 10.0 Å². The molecular formula is C18H18Cl2N6O2S. The van der Waals surface area contributed by atoms with Crippen molar-refractivity contribution in [3.8, 4) is 0 Å². The Morgan fingerprint density at radius 2 is 1.97 bits per heavy atom. The van der Waals surface area contributed by atoms with Crippen molar-refractivity contribution >= 4 is 51.5 Å². The van der Waals surface area contributed by atoms with E-state index in [1.54, 1.807) is 30.8 Å². The summed E-state index contributed by atoms with van der Waals surface area (Å²) in [6.07, 6.45) is 0.0428. The monoisotopic (exact) mass is 452 g/mol. The first-order valence-electron chi connectivity index (χ1n) is 8.60. The molecule has 0 saturated carbocycles. The largest absolute Gasteiger partial charge is 0.354 e. The van der Waals surface area contributed by atoms with Gasteiger partial charge >= 0.3 is 0 Å². The molecule has 0 spiro atoms. The second-order valence-corrected chi connectivity index (χ2v) is 8.08. The van der Waals surface area contributed by atoms with Crippen molar-refractivity contribution in [2.75, 3.05) is 12.4 Å². The number of benzene rings is 1. The number of hydrogen-bond acceptors (Lipinski definition) is 6. The second-order valence-electron chi connectivity index (χ2n) is 6.27. The number of thiazole rings is 1. The van der Waals surface area contributed by atoms with Crippen molar-refractivity contribution in [2.45, 2.75) is 26.8 Å². The predicted molar refractivity (Wildman–Crippen MR) is 113 cm³/mol. The minimum Gasteiger partial charge on any atom is -0.354 e. The first-order valence-corrected chi connectivity index (χ1v) is 10.2. The van der Waals surface area contributed by atoms with Crippen LogP contribution in [0.25, 0.3) is 0 Å². The molecule has 0 unspecified atom stereocenters. The zero-order valence-corrected chi connectivity index (χ0v) is 18.2. The molecule has 0 bridgehead atoms. The van der Waals surface area contributed by atoms with E-state index in [0.717, 1.165) is 22.6 Å². The standard InChI is InChI=1S/C18H18Cl2N6O2S/c1-9-16(17(28)21-3)29-18(22-9)23-15(27)7-14-10(2)26(25-24-14)8-11-4-5-12(19)13(20)6-11/h4-6H,7-8H2,1-3H3,(H,21,28)(H,22,23,27). The topological polar surface area (TPSA) is 102 Å². The van der Waals surface area contributed by atoms with Gasteiger partial charge in [-0.15, -0.1) is 5.10 Å². The van der Waals surface area contributed by atoms with Crippen LogP contribution < -0.4 is 10.6 Å². The lowest BCUT2D eigenvalue weighted by atomic mass is 10.2. The number of carbonyl (C=O) groups excluding carboxylic acids is 2. The van der Waals surface area contributed by atoms with Gasteiger partial charge in [0.25, 0.3) is 5.91 Å². The zero-order chi connectivity index (χ0) is 21.1. The molecule has 2 amide bonds. The van der Waals surface area contributed by atoms with E-state index in [1.807, 2.05) is 13.0 Å². The Morgan fingerprint density at radius 3 is 2.66 bits per heavy atom. The van der Waals surface area contributed by atoms with Crippen LogP contribution in [0.4, 0.5) is 5.13 Å². The van der Waals surface area contributed by atoms with Gasteiger partial charge in [-0.25, -0.2) is 9.67 Å². The van der Waals surface area contributed by atoms with Gasteiger partial charge in [-0.1, -0.05) is 45.8 Å². The van der Waals surface area contributed by atoms with Gasteiger partial charge in [0.15, 0.2) is 5.13 Å². The van der Waals surface area contributed by atoms with Crippen LogP contribution >= 0.6 is 34.5 Å². The number of anilines is 1. The lowest BCUT2D eigenvalue weighted by molar-refractivity contribution is -0.115. The number of amides is 2. The third-order valence-corrected chi connectivity index (χ3v) is 6.01. The fourth-order valence-electron chi connectivity index (χ4n) is 2.61. The van der Waals surface area contributed by atoms with Gasteiger partial charge in [-0.2, -0.15) is 0 Å². The van der Waals surface area contributed by atoms with Crippen LogP contribution in [-0.4, -0.2) is 38.8 Å². The Labute approximate surface area is 181 Å². The Kier molecular flexibility index (Phi) is 6.51. The van der Waals surface area contributed by atoms with Crippen LogP contribution in [-0.2, 0) is 17.8 Å². The van der Waals surface area contributed by atoms with Gasteiger partial charge in [-0.3, -0.25) is 9.59 Å². The quantitative estimate of drug-likeness (QED) is 0.597. The minimum absolute atomic E-state index is 0.0428. The van der Waals surface area contributed by atoms with Crippen molar-refractivity contribution in [3.63, 3.8) is 0 Å². The molecule has 0 atom stereocenters. The molecular weight excluding hydrogens is 435 g/mol. The maximum atomic E-state index is 12.4. The van der Waals surface area contributed by atoms with E-state index in [-0.39, 0.29) is 18.2 Å². The maximum absolute atomic E-state index is 12.4. The van der Waals surface area contributed by atoms with Gasteiger partial charge in [0.2, 0.25) is 5.91 Å². The molecule has 0 aliphatic carbocycles. The average Bonchev–Trinajstić information content (AvgIpc) is 3.21. The lowest BCUT2D eigenvalue weighted by Gasteiger charge is -2.06. The Hall–Kier alpha value is -2.49. The smallest absolute Gasteiger partial charge is 0.263 e. The molecule has 3 aromatic rings. The second kappa shape index (κ2) is 8.89.